The zero-order chi connectivity index (χ0) is 22.7. The highest BCUT2D eigenvalue weighted by molar-refractivity contribution is 5.87. The highest BCUT2D eigenvalue weighted by Crippen LogP contribution is 2.65. The zero-order valence-electron chi connectivity index (χ0n) is 20.4. The summed E-state index contributed by atoms with van der Waals surface area (Å²) in [6.45, 7) is 13.8. The van der Waals surface area contributed by atoms with Gasteiger partial charge in [-0.15, -0.1) is 0 Å². The minimum Gasteiger partial charge on any atom is -0.463 e. The summed E-state index contributed by atoms with van der Waals surface area (Å²) in [7, 11) is 0. The average Bonchev–Trinajstić information content (AvgIpc) is 3.06. The molecule has 3 aliphatic rings. The number of fused-ring (bicyclic) bond motifs is 3. The summed E-state index contributed by atoms with van der Waals surface area (Å²) < 4.78 is 5.60. The summed E-state index contributed by atoms with van der Waals surface area (Å²) in [6, 6.07) is 0. The van der Waals surface area contributed by atoms with E-state index in [0.29, 0.717) is 42.3 Å². The maximum absolute atomic E-state index is 13.1. The second-order valence-electron chi connectivity index (χ2n) is 10.1. The van der Waals surface area contributed by atoms with Gasteiger partial charge in [-0.1, -0.05) is 27.7 Å². The molecule has 176 valence electrons. The van der Waals surface area contributed by atoms with Gasteiger partial charge in [0.05, 0.1) is 0 Å². The van der Waals surface area contributed by atoms with Crippen LogP contribution in [0.15, 0.2) is 0 Å². The standard InChI is InChI=1S/C24H38O4.C2H6.2H2/c1-6-24(14-11-15(2)25)21-12-13-23(5)19(16(3)28-17(4)26)8-9-20(23)18(21)7-10-22(24)27;1-2;;/h16,18-21H,6-14H2,1-5H3;1-2H3;2*1H/t16-,18-,19+,20?,21+,23+,24-;;;/m0.../s1. The largest absolute Gasteiger partial charge is 0.463 e. The molecule has 3 rings (SSSR count). The van der Waals surface area contributed by atoms with Crippen LogP contribution < -0.4 is 0 Å². The molecule has 4 nitrogen and oxygen atoms in total. The summed E-state index contributed by atoms with van der Waals surface area (Å²) in [5, 5.41) is 0. The van der Waals surface area contributed by atoms with Crippen LogP contribution in [0.4, 0.5) is 0 Å². The fraction of sp³-hybridized carbons (Fsp3) is 0.885. The molecule has 0 spiro atoms. The van der Waals surface area contributed by atoms with Gasteiger partial charge in [-0.05, 0) is 82.0 Å². The van der Waals surface area contributed by atoms with Gasteiger partial charge in [0.15, 0.2) is 0 Å². The minimum absolute atomic E-state index is 0. The van der Waals surface area contributed by atoms with Crippen LogP contribution in [0.1, 0.15) is 109 Å². The van der Waals surface area contributed by atoms with Crippen LogP contribution in [0.25, 0.3) is 0 Å². The van der Waals surface area contributed by atoms with E-state index in [1.54, 1.807) is 6.92 Å². The van der Waals surface area contributed by atoms with Crippen LogP contribution in [0, 0.1) is 34.5 Å². The van der Waals surface area contributed by atoms with E-state index in [1.165, 1.54) is 13.3 Å². The van der Waals surface area contributed by atoms with E-state index in [4.69, 9.17) is 4.74 Å². The number of hydrogen-bond acceptors (Lipinski definition) is 4. The fourth-order valence-electron chi connectivity index (χ4n) is 7.65. The van der Waals surface area contributed by atoms with Gasteiger partial charge in [0, 0.05) is 34.0 Å². The highest BCUT2D eigenvalue weighted by atomic mass is 16.5. The van der Waals surface area contributed by atoms with Gasteiger partial charge >= 0.3 is 5.97 Å². The molecule has 3 fully saturated rings. The molecule has 0 aromatic rings. The molecule has 0 heterocycles. The molecule has 3 saturated carbocycles. The first-order valence-electron chi connectivity index (χ1n) is 12.4. The molecule has 0 aromatic heterocycles. The van der Waals surface area contributed by atoms with E-state index in [0.717, 1.165) is 38.5 Å². The number of ketones is 2. The third-order valence-corrected chi connectivity index (χ3v) is 8.95. The van der Waals surface area contributed by atoms with Gasteiger partial charge in [-0.25, -0.2) is 0 Å². The Hall–Kier alpha value is -1.19. The molecule has 4 heteroatoms. The lowest BCUT2D eigenvalue weighted by Crippen LogP contribution is -2.54. The van der Waals surface area contributed by atoms with Gasteiger partial charge in [0.1, 0.15) is 17.7 Å². The Morgan fingerprint density at radius 3 is 2.37 bits per heavy atom. The molecule has 0 aliphatic heterocycles. The van der Waals surface area contributed by atoms with Gasteiger partial charge < -0.3 is 9.53 Å². The first-order chi connectivity index (χ1) is 14.2. The Kier molecular flexibility index (Phi) is 8.32. The maximum Gasteiger partial charge on any atom is 0.302 e. The topological polar surface area (TPSA) is 60.4 Å². The number of carbonyl (C=O) groups is 3. The van der Waals surface area contributed by atoms with E-state index in [9.17, 15) is 14.4 Å². The third-order valence-electron chi connectivity index (χ3n) is 8.95. The van der Waals surface area contributed by atoms with Crippen LogP contribution in [0.3, 0.4) is 0 Å². The number of ether oxygens (including phenoxy) is 1. The highest BCUT2D eigenvalue weighted by Gasteiger charge is 2.61. The number of hydrogen-bond donors (Lipinski definition) is 0. The second-order valence-corrected chi connectivity index (χ2v) is 10.1. The van der Waals surface area contributed by atoms with Crippen molar-refractivity contribution in [3.63, 3.8) is 0 Å². The van der Waals surface area contributed by atoms with Crippen molar-refractivity contribution in [1.82, 2.24) is 0 Å². The third kappa shape index (κ3) is 4.39. The minimum atomic E-state index is -0.296. The van der Waals surface area contributed by atoms with Crippen molar-refractivity contribution in [2.75, 3.05) is 0 Å². The molecule has 7 atom stereocenters. The van der Waals surface area contributed by atoms with Crippen LogP contribution in [0.5, 0.6) is 0 Å². The SMILES string of the molecule is CC.CC[C@@]1(CCC(C)=O)C(=O)CC[C@H]2C3CC[C@H]([C@H](C)OC(C)=O)[C@@]3(C)CC[C@H]21.[HH].[HH]. The molecule has 0 radical (unpaired) electrons. The molecular weight excluding hydrogens is 376 g/mol. The van der Waals surface area contributed by atoms with Crippen molar-refractivity contribution in [3.8, 4) is 0 Å². The van der Waals surface area contributed by atoms with Crippen molar-refractivity contribution in [1.29, 1.82) is 0 Å². The Balaban J connectivity index is 0.00000234. The van der Waals surface area contributed by atoms with Crippen molar-refractivity contribution >= 4 is 17.5 Å². The maximum atomic E-state index is 13.1. The molecule has 0 saturated heterocycles. The summed E-state index contributed by atoms with van der Waals surface area (Å²) in [5.41, 5.74) is -0.105. The Bertz CT molecular complexity index is 652. The van der Waals surface area contributed by atoms with Crippen LogP contribution >= 0.6 is 0 Å². The lowest BCUT2D eigenvalue weighted by atomic mass is 9.47. The predicted molar refractivity (Wildman–Crippen MR) is 124 cm³/mol. The summed E-state index contributed by atoms with van der Waals surface area (Å²) in [6.07, 6.45) is 8.20. The molecular formula is C26H48O4. The van der Waals surface area contributed by atoms with E-state index in [-0.39, 0.29) is 31.5 Å². The molecule has 30 heavy (non-hydrogen) atoms. The quantitative estimate of drug-likeness (QED) is 0.448. The number of esters is 1. The first-order valence-corrected chi connectivity index (χ1v) is 12.4. The number of carbonyl (C=O) groups excluding carboxylic acids is 3. The molecule has 0 bridgehead atoms. The van der Waals surface area contributed by atoms with Crippen molar-refractivity contribution < 1.29 is 22.0 Å². The van der Waals surface area contributed by atoms with Crippen LogP contribution in [-0.2, 0) is 19.1 Å². The Morgan fingerprint density at radius 2 is 1.80 bits per heavy atom. The normalized spacial score (nSPS) is 38.6. The lowest BCUT2D eigenvalue weighted by molar-refractivity contribution is -0.157. The van der Waals surface area contributed by atoms with E-state index < -0.39 is 0 Å². The first kappa shape index (κ1) is 25.1. The fourth-order valence-corrected chi connectivity index (χ4v) is 7.65. The molecule has 3 aliphatic carbocycles. The summed E-state index contributed by atoms with van der Waals surface area (Å²) in [4.78, 5) is 36.3. The smallest absolute Gasteiger partial charge is 0.302 e. The lowest BCUT2D eigenvalue weighted by Gasteiger charge is -2.57. The molecule has 0 amide bonds. The van der Waals surface area contributed by atoms with E-state index >= 15 is 0 Å². The van der Waals surface area contributed by atoms with Crippen LogP contribution in [-0.4, -0.2) is 23.6 Å². The van der Waals surface area contributed by atoms with Crippen LogP contribution in [0.2, 0.25) is 0 Å². The van der Waals surface area contributed by atoms with Crippen molar-refractivity contribution in [2.45, 2.75) is 112 Å². The van der Waals surface area contributed by atoms with Gasteiger partial charge in [-0.3, -0.25) is 9.59 Å². The molecule has 0 N–H and O–H groups in total. The van der Waals surface area contributed by atoms with Crippen molar-refractivity contribution in [3.05, 3.63) is 0 Å². The predicted octanol–water partition coefficient (Wildman–Crippen LogP) is 6.64. The zero-order valence-corrected chi connectivity index (χ0v) is 20.4. The van der Waals surface area contributed by atoms with E-state index in [1.807, 2.05) is 13.8 Å². The van der Waals surface area contributed by atoms with E-state index in [2.05, 4.69) is 20.8 Å². The number of rotatable bonds is 6. The molecule has 0 aromatic carbocycles. The van der Waals surface area contributed by atoms with Gasteiger partial charge in [-0.2, -0.15) is 0 Å². The Morgan fingerprint density at radius 1 is 1.13 bits per heavy atom. The molecule has 1 unspecified atom stereocenters. The monoisotopic (exact) mass is 424 g/mol. The summed E-state index contributed by atoms with van der Waals surface area (Å²) >= 11 is 0. The number of Topliss-reactive ketones (excluding diaryl/α,β-unsaturated/α-hetero) is 2. The van der Waals surface area contributed by atoms with Crippen molar-refractivity contribution in [2.24, 2.45) is 34.5 Å². The summed E-state index contributed by atoms with van der Waals surface area (Å²) in [5.74, 6) is 2.41. The Labute approximate surface area is 186 Å². The van der Waals surface area contributed by atoms with Gasteiger partial charge in [0.25, 0.3) is 0 Å². The second kappa shape index (κ2) is 9.96. The average molecular weight is 425 g/mol. The van der Waals surface area contributed by atoms with Gasteiger partial charge in [0.2, 0.25) is 0 Å².